The molecule has 1 aromatic rings. The maximum absolute atomic E-state index is 9.58. The molecule has 0 fully saturated rings. The van der Waals surface area contributed by atoms with E-state index in [2.05, 4.69) is 18.8 Å². The van der Waals surface area contributed by atoms with Gasteiger partial charge in [-0.3, -0.25) is 0 Å². The van der Waals surface area contributed by atoms with Gasteiger partial charge in [0.15, 0.2) is 0 Å². The Bertz CT molecular complexity index is 260. The SMILES string of the molecule is CC(C)c1nc(C(O)CCN)cs1. The fourth-order valence-electron chi connectivity index (χ4n) is 1.02. The van der Waals surface area contributed by atoms with Crippen LogP contribution in [0.15, 0.2) is 5.38 Å². The zero-order valence-corrected chi connectivity index (χ0v) is 8.84. The molecule has 3 N–H and O–H groups in total. The molecule has 0 bridgehead atoms. The average molecular weight is 200 g/mol. The fraction of sp³-hybridized carbons (Fsp3) is 0.667. The second kappa shape index (κ2) is 4.69. The number of hydrogen-bond acceptors (Lipinski definition) is 4. The van der Waals surface area contributed by atoms with Crippen molar-refractivity contribution >= 4 is 11.3 Å². The first kappa shape index (κ1) is 10.6. The monoisotopic (exact) mass is 200 g/mol. The molecule has 1 heterocycles. The zero-order chi connectivity index (χ0) is 9.84. The van der Waals surface area contributed by atoms with E-state index >= 15 is 0 Å². The summed E-state index contributed by atoms with van der Waals surface area (Å²) in [4.78, 5) is 4.34. The van der Waals surface area contributed by atoms with Gasteiger partial charge in [-0.25, -0.2) is 4.98 Å². The van der Waals surface area contributed by atoms with Crippen molar-refractivity contribution in [3.05, 3.63) is 16.1 Å². The van der Waals surface area contributed by atoms with Crippen LogP contribution in [0.1, 0.15) is 43.0 Å². The van der Waals surface area contributed by atoms with Gasteiger partial charge in [0.1, 0.15) is 0 Å². The highest BCUT2D eigenvalue weighted by atomic mass is 32.1. The van der Waals surface area contributed by atoms with E-state index in [1.165, 1.54) is 0 Å². The predicted molar refractivity (Wildman–Crippen MR) is 54.8 cm³/mol. The van der Waals surface area contributed by atoms with Crippen LogP contribution < -0.4 is 5.73 Å². The Hall–Kier alpha value is -0.450. The van der Waals surface area contributed by atoms with E-state index in [-0.39, 0.29) is 0 Å². The number of nitrogens with zero attached hydrogens (tertiary/aromatic N) is 1. The minimum Gasteiger partial charge on any atom is -0.387 e. The third-order valence-electron chi connectivity index (χ3n) is 1.82. The summed E-state index contributed by atoms with van der Waals surface area (Å²) in [5, 5.41) is 12.6. The van der Waals surface area contributed by atoms with Crippen molar-refractivity contribution in [2.24, 2.45) is 5.73 Å². The number of rotatable bonds is 4. The van der Waals surface area contributed by atoms with Crippen LogP contribution in [0.5, 0.6) is 0 Å². The van der Waals surface area contributed by atoms with Crippen LogP contribution in [-0.2, 0) is 0 Å². The number of hydrogen-bond donors (Lipinski definition) is 2. The second-order valence-corrected chi connectivity index (χ2v) is 4.25. The first-order valence-corrected chi connectivity index (χ1v) is 5.36. The highest BCUT2D eigenvalue weighted by molar-refractivity contribution is 7.09. The van der Waals surface area contributed by atoms with Crippen molar-refractivity contribution in [2.75, 3.05) is 6.54 Å². The lowest BCUT2D eigenvalue weighted by molar-refractivity contribution is 0.166. The molecule has 1 atom stereocenters. The summed E-state index contributed by atoms with van der Waals surface area (Å²) in [6.45, 7) is 4.69. The standard InChI is InChI=1S/C9H16N2OS/c1-6(2)9-11-7(5-13-9)8(12)3-4-10/h5-6,8,12H,3-4,10H2,1-2H3. The van der Waals surface area contributed by atoms with E-state index in [1.807, 2.05) is 5.38 Å². The van der Waals surface area contributed by atoms with Gasteiger partial charge in [-0.2, -0.15) is 0 Å². The highest BCUT2D eigenvalue weighted by Gasteiger charge is 2.12. The summed E-state index contributed by atoms with van der Waals surface area (Å²) in [6, 6.07) is 0. The van der Waals surface area contributed by atoms with Crippen LogP contribution in [0.3, 0.4) is 0 Å². The topological polar surface area (TPSA) is 59.1 Å². The van der Waals surface area contributed by atoms with Gasteiger partial charge in [0, 0.05) is 11.3 Å². The number of aliphatic hydroxyl groups excluding tert-OH is 1. The number of nitrogens with two attached hydrogens (primary N) is 1. The number of aliphatic hydroxyl groups is 1. The van der Waals surface area contributed by atoms with Crippen LogP contribution >= 0.6 is 11.3 Å². The Labute approximate surface area is 82.6 Å². The smallest absolute Gasteiger partial charge is 0.0980 e. The molecule has 0 saturated carbocycles. The summed E-state index contributed by atoms with van der Waals surface area (Å²) in [6.07, 6.45) is 0.0927. The molecule has 0 aromatic carbocycles. The zero-order valence-electron chi connectivity index (χ0n) is 8.03. The van der Waals surface area contributed by atoms with Crippen molar-refractivity contribution in [3.63, 3.8) is 0 Å². The predicted octanol–water partition coefficient (Wildman–Crippen LogP) is 1.65. The van der Waals surface area contributed by atoms with Crippen LogP contribution in [-0.4, -0.2) is 16.6 Å². The summed E-state index contributed by atoms with van der Waals surface area (Å²) >= 11 is 1.60. The molecule has 3 nitrogen and oxygen atoms in total. The molecule has 0 aliphatic rings. The minimum absolute atomic E-state index is 0.434. The van der Waals surface area contributed by atoms with Gasteiger partial charge in [0.25, 0.3) is 0 Å². The Balaban J connectivity index is 2.67. The molecule has 0 aliphatic carbocycles. The van der Waals surface area contributed by atoms with Crippen LogP contribution in [0, 0.1) is 0 Å². The molecule has 0 radical (unpaired) electrons. The second-order valence-electron chi connectivity index (χ2n) is 3.36. The lowest BCUT2D eigenvalue weighted by atomic mass is 10.2. The maximum Gasteiger partial charge on any atom is 0.0980 e. The van der Waals surface area contributed by atoms with E-state index in [4.69, 9.17) is 5.73 Å². The molecule has 1 unspecified atom stereocenters. The molecule has 4 heteroatoms. The summed E-state index contributed by atoms with van der Waals surface area (Å²) < 4.78 is 0. The van der Waals surface area contributed by atoms with Crippen LogP contribution in [0.25, 0.3) is 0 Å². The van der Waals surface area contributed by atoms with Crippen molar-refractivity contribution in [3.8, 4) is 0 Å². The summed E-state index contributed by atoms with van der Waals surface area (Å²) in [5.41, 5.74) is 6.11. The largest absolute Gasteiger partial charge is 0.387 e. The molecule has 0 spiro atoms. The van der Waals surface area contributed by atoms with E-state index < -0.39 is 6.10 Å². The van der Waals surface area contributed by atoms with Crippen molar-refractivity contribution < 1.29 is 5.11 Å². The first-order valence-electron chi connectivity index (χ1n) is 4.48. The molecular weight excluding hydrogens is 184 g/mol. The third kappa shape index (κ3) is 2.76. The number of aromatic nitrogens is 1. The molecule has 1 rings (SSSR count). The Morgan fingerprint density at radius 2 is 2.31 bits per heavy atom. The van der Waals surface area contributed by atoms with Gasteiger partial charge in [0.05, 0.1) is 16.8 Å². The van der Waals surface area contributed by atoms with Crippen LogP contribution in [0.4, 0.5) is 0 Å². The molecule has 0 aliphatic heterocycles. The number of thiazole rings is 1. The Morgan fingerprint density at radius 1 is 1.62 bits per heavy atom. The lowest BCUT2D eigenvalue weighted by Gasteiger charge is -2.04. The Morgan fingerprint density at radius 3 is 2.77 bits per heavy atom. The van der Waals surface area contributed by atoms with Crippen LogP contribution in [0.2, 0.25) is 0 Å². The third-order valence-corrected chi connectivity index (χ3v) is 2.98. The van der Waals surface area contributed by atoms with E-state index in [0.29, 0.717) is 18.9 Å². The Kier molecular flexibility index (Phi) is 3.84. The van der Waals surface area contributed by atoms with Gasteiger partial charge >= 0.3 is 0 Å². The first-order chi connectivity index (χ1) is 6.15. The molecule has 0 amide bonds. The van der Waals surface area contributed by atoms with E-state index in [1.54, 1.807) is 11.3 Å². The van der Waals surface area contributed by atoms with Gasteiger partial charge in [-0.05, 0) is 13.0 Å². The maximum atomic E-state index is 9.58. The molecule has 0 saturated heterocycles. The van der Waals surface area contributed by atoms with E-state index in [9.17, 15) is 5.11 Å². The lowest BCUT2D eigenvalue weighted by Crippen LogP contribution is -2.07. The van der Waals surface area contributed by atoms with Crippen molar-refractivity contribution in [1.29, 1.82) is 0 Å². The summed E-state index contributed by atoms with van der Waals surface area (Å²) in [5.74, 6) is 0.434. The van der Waals surface area contributed by atoms with Gasteiger partial charge < -0.3 is 10.8 Å². The van der Waals surface area contributed by atoms with Crippen molar-refractivity contribution in [2.45, 2.75) is 32.3 Å². The summed E-state index contributed by atoms with van der Waals surface area (Å²) in [7, 11) is 0. The molecule has 1 aromatic heterocycles. The minimum atomic E-state index is -0.492. The average Bonchev–Trinajstić information content (AvgIpc) is 2.52. The molecular formula is C9H16N2OS. The highest BCUT2D eigenvalue weighted by Crippen LogP contribution is 2.23. The van der Waals surface area contributed by atoms with Gasteiger partial charge in [0.2, 0.25) is 0 Å². The van der Waals surface area contributed by atoms with Gasteiger partial charge in [-0.1, -0.05) is 13.8 Å². The molecule has 74 valence electrons. The van der Waals surface area contributed by atoms with Gasteiger partial charge in [-0.15, -0.1) is 11.3 Å². The van der Waals surface area contributed by atoms with E-state index in [0.717, 1.165) is 10.7 Å². The quantitative estimate of drug-likeness (QED) is 0.777. The fourth-order valence-corrected chi connectivity index (χ4v) is 1.91. The normalized spacial score (nSPS) is 13.6. The molecule has 13 heavy (non-hydrogen) atoms. The van der Waals surface area contributed by atoms with Crippen molar-refractivity contribution in [1.82, 2.24) is 4.98 Å².